The van der Waals surface area contributed by atoms with Crippen LogP contribution in [0, 0.1) is 0 Å². The second-order valence-electron chi connectivity index (χ2n) is 4.81. The van der Waals surface area contributed by atoms with Crippen molar-refractivity contribution < 1.29 is 88.0 Å². The van der Waals surface area contributed by atoms with E-state index in [0.29, 0.717) is 5.82 Å². The van der Waals surface area contributed by atoms with Crippen molar-refractivity contribution >= 4 is 13.4 Å². The number of rotatable bonds is 4. The smallest absolute Gasteiger partial charge is 0.809 e. The van der Waals surface area contributed by atoms with Gasteiger partial charge in [-0.1, -0.05) is 0 Å². The Bertz CT molecular complexity index is 713. The Balaban J connectivity index is 0.00000144. The molecule has 3 aliphatic rings. The predicted octanol–water partition coefficient (Wildman–Crippen LogP) is -8.35. The zero-order valence-corrected chi connectivity index (χ0v) is 18.0. The molecule has 0 aliphatic carbocycles. The van der Waals surface area contributed by atoms with Gasteiger partial charge in [0.25, 0.3) is 5.91 Å². The van der Waals surface area contributed by atoms with E-state index < -0.39 is 26.0 Å². The number of nitrogens with zero attached hydrogens (tertiary/aromatic N) is 4. The van der Waals surface area contributed by atoms with Crippen LogP contribution in [-0.4, -0.2) is 43.7 Å². The molecular weight excluding hydrogens is 363 g/mol. The molecule has 1 fully saturated rings. The van der Waals surface area contributed by atoms with Crippen LogP contribution < -0.4 is 74.6 Å². The van der Waals surface area contributed by atoms with E-state index >= 15 is 0 Å². The Hall–Kier alpha value is 0.380. The molecule has 0 saturated carbocycles. The summed E-state index contributed by atoms with van der Waals surface area (Å²) in [5.41, 5.74) is 6.23. The van der Waals surface area contributed by atoms with Crippen LogP contribution in [0.3, 0.4) is 0 Å². The predicted molar refractivity (Wildman–Crippen MR) is 67.0 cm³/mol. The molecule has 3 rings (SSSR count). The summed E-state index contributed by atoms with van der Waals surface area (Å²) in [4.78, 5) is 33.5. The van der Waals surface area contributed by atoms with Crippen molar-refractivity contribution in [2.24, 2.45) is 0 Å². The number of hydrogen-bond donors (Lipinski definition) is 2. The maximum atomic E-state index is 10.8. The van der Waals surface area contributed by atoms with Crippen molar-refractivity contribution in [1.29, 1.82) is 0 Å². The zero-order chi connectivity index (χ0) is 16.0. The van der Waals surface area contributed by atoms with Gasteiger partial charge >= 0.3 is 59.1 Å². The Morgan fingerprint density at radius 2 is 2.17 bits per heavy atom. The summed E-state index contributed by atoms with van der Waals surface area (Å²) in [6, 6.07) is 0. The average molecular weight is 375 g/mol. The fourth-order valence-electron chi connectivity index (χ4n) is 2.26. The first-order valence-corrected chi connectivity index (χ1v) is 7.95. The number of hydrogen-bond acceptors (Lipinski definition) is 10. The fourth-order valence-corrected chi connectivity index (χ4v) is 2.62. The van der Waals surface area contributed by atoms with Gasteiger partial charge in [-0.2, -0.15) is 0 Å². The van der Waals surface area contributed by atoms with Crippen LogP contribution >= 0.6 is 7.60 Å². The van der Waals surface area contributed by atoms with E-state index in [4.69, 9.17) is 15.2 Å². The van der Waals surface area contributed by atoms with Gasteiger partial charge < -0.3 is 34.7 Å². The molecule has 0 radical (unpaired) electrons. The van der Waals surface area contributed by atoms with Crippen molar-refractivity contribution in [3.8, 4) is 11.5 Å². The number of aromatic nitrogens is 4. The summed E-state index contributed by atoms with van der Waals surface area (Å²) in [6.45, 7) is -0.112. The van der Waals surface area contributed by atoms with Gasteiger partial charge in [0.05, 0.1) is 25.5 Å². The average Bonchev–Trinajstić information content (AvgIpc) is 3.04. The van der Waals surface area contributed by atoms with Gasteiger partial charge in [0.1, 0.15) is 24.2 Å². The number of aliphatic hydroxyl groups is 1. The summed E-state index contributed by atoms with van der Waals surface area (Å²) in [6.07, 6.45) is 0.344. The molecule has 0 spiro atoms. The standard InChI is InChI=1S/C10H14N5O6P.2Na/c11-8-7-9(13-3-12-7)14-4-15(8)10(1-6(16)2-20-10)21-5-22(17,18)19;;/h3-4,6,16H,1-2,5,11H2,(H2,17,18,19);;/q;2*+1/p-2/t6-,10-;;/m0../s1. The minimum absolute atomic E-state index is 0. The van der Waals surface area contributed by atoms with E-state index in [1.54, 1.807) is 0 Å². The van der Waals surface area contributed by atoms with Gasteiger partial charge in [0.2, 0.25) is 0 Å². The van der Waals surface area contributed by atoms with Gasteiger partial charge in [0.15, 0.2) is 5.82 Å². The fraction of sp³-hybridized carbons (Fsp3) is 0.500. The third kappa shape index (κ3) is 4.56. The van der Waals surface area contributed by atoms with Gasteiger partial charge in [-0.25, -0.2) is 15.0 Å². The molecule has 2 atom stereocenters. The van der Waals surface area contributed by atoms with Crippen LogP contribution in [0.1, 0.15) is 6.42 Å². The molecule has 1 saturated heterocycles. The zero-order valence-electron chi connectivity index (χ0n) is 13.2. The second-order valence-corrected chi connectivity index (χ2v) is 6.29. The monoisotopic (exact) mass is 375 g/mol. The van der Waals surface area contributed by atoms with Gasteiger partial charge in [-0.15, -0.1) is 0 Å². The maximum Gasteiger partial charge on any atom is 1.00 e. The van der Waals surface area contributed by atoms with E-state index in [1.807, 2.05) is 0 Å². The number of nitrogen functional groups attached to an aromatic ring is 1. The van der Waals surface area contributed by atoms with Crippen molar-refractivity contribution in [2.45, 2.75) is 18.4 Å². The number of fused-ring (bicyclic) bond motifs is 1. The molecule has 0 bridgehead atoms. The Kier molecular flexibility index (Phi) is 7.83. The maximum absolute atomic E-state index is 10.8. The van der Waals surface area contributed by atoms with E-state index in [2.05, 4.69) is 15.0 Å². The Morgan fingerprint density at radius 3 is 2.75 bits per heavy atom. The second kappa shape index (κ2) is 8.38. The minimum atomic E-state index is -4.94. The van der Waals surface area contributed by atoms with Crippen LogP contribution in [0.4, 0.5) is 5.82 Å². The molecule has 3 heterocycles. The molecule has 0 aromatic rings. The quantitative estimate of drug-likeness (QED) is 0.386. The molecular formula is C10H12N5Na2O6P. The first-order valence-electron chi connectivity index (χ1n) is 6.22. The SMILES string of the molecule is Nc1c2ncnc-2ncn1[C@@]1(OCP(=O)([O-])[O-])C[C@H](O)CO1.[Na+].[Na+]. The molecule has 11 nitrogen and oxygen atoms in total. The van der Waals surface area contributed by atoms with E-state index in [9.17, 15) is 19.5 Å². The van der Waals surface area contributed by atoms with E-state index in [0.717, 1.165) is 0 Å². The first kappa shape index (κ1) is 22.4. The summed E-state index contributed by atoms with van der Waals surface area (Å²) in [5, 5.41) is 9.69. The van der Waals surface area contributed by atoms with E-state index in [-0.39, 0.29) is 83.7 Å². The third-order valence-electron chi connectivity index (χ3n) is 3.19. The van der Waals surface area contributed by atoms with Crippen molar-refractivity contribution in [3.05, 3.63) is 12.7 Å². The summed E-state index contributed by atoms with van der Waals surface area (Å²) >= 11 is 0. The molecule has 120 valence electrons. The van der Waals surface area contributed by atoms with E-state index in [1.165, 1.54) is 17.2 Å². The number of aliphatic hydroxyl groups excluding tert-OH is 1. The summed E-state index contributed by atoms with van der Waals surface area (Å²) in [5.74, 6) is -1.39. The molecule has 3 aliphatic heterocycles. The molecule has 24 heavy (non-hydrogen) atoms. The molecule has 0 unspecified atom stereocenters. The van der Waals surface area contributed by atoms with Gasteiger partial charge in [-0.05, 0) is 7.60 Å². The van der Waals surface area contributed by atoms with Crippen LogP contribution in [0.2, 0.25) is 0 Å². The topological polar surface area (TPSA) is 172 Å². The van der Waals surface area contributed by atoms with Gasteiger partial charge in [-0.3, -0.25) is 4.57 Å². The van der Waals surface area contributed by atoms with Crippen LogP contribution in [0.15, 0.2) is 12.7 Å². The minimum Gasteiger partial charge on any atom is -0.809 e. The van der Waals surface area contributed by atoms with Crippen LogP contribution in [0.25, 0.3) is 11.5 Å². The molecule has 3 N–H and O–H groups in total. The number of ether oxygens (including phenoxy) is 2. The normalized spacial score (nSPS) is 23.7. The Morgan fingerprint density at radius 1 is 1.46 bits per heavy atom. The number of nitrogens with two attached hydrogens (primary N) is 1. The third-order valence-corrected chi connectivity index (χ3v) is 3.63. The van der Waals surface area contributed by atoms with Crippen LogP contribution in [-0.2, 0) is 19.9 Å². The van der Waals surface area contributed by atoms with Crippen molar-refractivity contribution in [2.75, 3.05) is 18.7 Å². The molecule has 0 aromatic heterocycles. The van der Waals surface area contributed by atoms with Crippen molar-refractivity contribution in [1.82, 2.24) is 19.5 Å². The number of anilines is 1. The molecule has 0 amide bonds. The van der Waals surface area contributed by atoms with Crippen molar-refractivity contribution in [3.63, 3.8) is 0 Å². The Labute approximate surface area is 181 Å². The van der Waals surface area contributed by atoms with Gasteiger partial charge in [0, 0.05) is 0 Å². The largest absolute Gasteiger partial charge is 1.00 e. The molecule has 0 aromatic carbocycles. The summed E-state index contributed by atoms with van der Waals surface area (Å²) in [7, 11) is -4.94. The first-order chi connectivity index (χ1) is 10.3. The number of imidazole rings is 1. The molecule has 14 heteroatoms. The van der Waals surface area contributed by atoms with Crippen LogP contribution in [0.5, 0.6) is 0 Å². The summed E-state index contributed by atoms with van der Waals surface area (Å²) < 4.78 is 22.5.